The third-order valence-corrected chi connectivity index (χ3v) is 7.67. The lowest BCUT2D eigenvalue weighted by atomic mass is 9.83. The Hall–Kier alpha value is -3.16. The van der Waals surface area contributed by atoms with Crippen molar-refractivity contribution in [3.63, 3.8) is 0 Å². The average molecular weight is 538 g/mol. The number of nitrogens with zero attached hydrogens (tertiary/aromatic N) is 3. The van der Waals surface area contributed by atoms with E-state index >= 15 is 0 Å². The number of hydrogen-bond donors (Lipinski definition) is 0. The van der Waals surface area contributed by atoms with Crippen LogP contribution in [0, 0.1) is 0 Å². The Kier molecular flexibility index (Phi) is 9.58. The van der Waals surface area contributed by atoms with Crippen LogP contribution in [0.15, 0.2) is 54.6 Å². The molecule has 2 saturated heterocycles. The molecule has 7 nitrogen and oxygen atoms in total. The lowest BCUT2D eigenvalue weighted by Crippen LogP contribution is -2.51. The molecule has 0 radical (unpaired) electrons. The average Bonchev–Trinajstić information content (AvgIpc) is 3.48. The summed E-state index contributed by atoms with van der Waals surface area (Å²) in [5.74, 6) is 0.246. The van der Waals surface area contributed by atoms with Gasteiger partial charge >= 0.3 is 5.97 Å². The maximum absolute atomic E-state index is 12.8. The number of halogens is 1. The zero-order chi connectivity index (χ0) is 25.6. The molecule has 0 bridgehead atoms. The Morgan fingerprint density at radius 1 is 0.842 bits per heavy atom. The third kappa shape index (κ3) is 6.83. The van der Waals surface area contributed by atoms with Gasteiger partial charge in [-0.05, 0) is 67.0 Å². The van der Waals surface area contributed by atoms with E-state index in [1.54, 1.807) is 24.3 Å². The number of ether oxygens (including phenoxy) is 1. The van der Waals surface area contributed by atoms with Crippen LogP contribution in [0.4, 0.5) is 0 Å². The number of aryl methyl sites for hydroxylation is 1. The first-order chi connectivity index (χ1) is 18.1. The molecule has 5 rings (SSSR count). The van der Waals surface area contributed by atoms with Gasteiger partial charge in [-0.15, -0.1) is 12.4 Å². The van der Waals surface area contributed by atoms with Gasteiger partial charge in [-0.2, -0.15) is 0 Å². The highest BCUT2D eigenvalue weighted by molar-refractivity contribution is 5.92. The summed E-state index contributed by atoms with van der Waals surface area (Å²) in [6.45, 7) is 4.86. The molecule has 2 fully saturated rings. The van der Waals surface area contributed by atoms with E-state index < -0.39 is 0 Å². The van der Waals surface area contributed by atoms with Crippen LogP contribution in [0.25, 0.3) is 6.08 Å². The molecule has 3 aliphatic rings. The van der Waals surface area contributed by atoms with Gasteiger partial charge in [0.1, 0.15) is 5.75 Å². The van der Waals surface area contributed by atoms with Crippen molar-refractivity contribution in [3.05, 3.63) is 71.3 Å². The van der Waals surface area contributed by atoms with Gasteiger partial charge in [0.2, 0.25) is 11.8 Å². The second-order valence-electron chi connectivity index (χ2n) is 10.2. The number of piperazine rings is 1. The summed E-state index contributed by atoms with van der Waals surface area (Å²) in [5, 5.41) is 0. The van der Waals surface area contributed by atoms with Gasteiger partial charge in [0.05, 0.1) is 12.5 Å². The first kappa shape index (κ1) is 27.9. The summed E-state index contributed by atoms with van der Waals surface area (Å²) in [6, 6.07) is 15.4. The van der Waals surface area contributed by atoms with Crippen LogP contribution in [0.5, 0.6) is 5.75 Å². The van der Waals surface area contributed by atoms with E-state index in [2.05, 4.69) is 11.0 Å². The van der Waals surface area contributed by atoms with Crippen molar-refractivity contribution in [2.24, 2.45) is 0 Å². The van der Waals surface area contributed by atoms with Crippen LogP contribution in [0.3, 0.4) is 0 Å². The van der Waals surface area contributed by atoms with E-state index in [-0.39, 0.29) is 36.1 Å². The van der Waals surface area contributed by atoms with Gasteiger partial charge < -0.3 is 14.5 Å². The summed E-state index contributed by atoms with van der Waals surface area (Å²) in [4.78, 5) is 43.8. The molecule has 2 aliphatic heterocycles. The van der Waals surface area contributed by atoms with E-state index in [4.69, 9.17) is 4.74 Å². The fraction of sp³-hybridized carbons (Fsp3) is 0.433. The Morgan fingerprint density at radius 3 is 2.29 bits per heavy atom. The standard InChI is InChI=1S/C30H35N3O4.ClH/c34-28(33-20-18-31(19-21-33)22-29(35)32-16-3-4-17-32)15-12-23-10-13-25(14-11-23)37-30(36)27-9-5-7-24-6-1-2-8-26(24)27;/h1-2,6,8,10-15,27H,3-5,7,9,16-22H2;1H. The highest BCUT2D eigenvalue weighted by atomic mass is 35.5. The Morgan fingerprint density at radius 2 is 1.55 bits per heavy atom. The van der Waals surface area contributed by atoms with E-state index in [1.807, 2.05) is 40.1 Å². The van der Waals surface area contributed by atoms with Crippen molar-refractivity contribution < 1.29 is 19.1 Å². The maximum atomic E-state index is 12.8. The summed E-state index contributed by atoms with van der Waals surface area (Å²) in [5.41, 5.74) is 3.18. The molecule has 2 heterocycles. The Balaban J connectivity index is 0.00000336. The van der Waals surface area contributed by atoms with Gasteiger partial charge in [-0.25, -0.2) is 0 Å². The zero-order valence-corrected chi connectivity index (χ0v) is 22.5. The molecule has 2 aromatic carbocycles. The molecule has 0 spiro atoms. The fourth-order valence-corrected chi connectivity index (χ4v) is 5.49. The molecule has 0 saturated carbocycles. The second-order valence-corrected chi connectivity index (χ2v) is 10.2. The maximum Gasteiger partial charge on any atom is 0.318 e. The SMILES string of the molecule is Cl.O=C(Oc1ccc(C=CC(=O)N2CCN(CC(=O)N3CCCC3)CC2)cc1)C1CCCc2ccccc21. The highest BCUT2D eigenvalue weighted by Gasteiger charge is 2.28. The van der Waals surface area contributed by atoms with Crippen LogP contribution in [-0.2, 0) is 20.8 Å². The number of carbonyl (C=O) groups excluding carboxylic acids is 3. The molecule has 2 aromatic rings. The number of likely N-dealkylation sites (tertiary alicyclic amines) is 1. The number of hydrogen-bond acceptors (Lipinski definition) is 5. The Labute approximate surface area is 230 Å². The van der Waals surface area contributed by atoms with E-state index in [0.29, 0.717) is 38.5 Å². The van der Waals surface area contributed by atoms with Gasteiger partial charge in [0.15, 0.2) is 0 Å². The lowest BCUT2D eigenvalue weighted by Gasteiger charge is -2.34. The molecule has 0 N–H and O–H groups in total. The van der Waals surface area contributed by atoms with E-state index in [0.717, 1.165) is 56.3 Å². The van der Waals surface area contributed by atoms with Gasteiger partial charge in [0, 0.05) is 45.3 Å². The topological polar surface area (TPSA) is 70.2 Å². The number of esters is 1. The minimum Gasteiger partial charge on any atom is -0.426 e. The molecule has 38 heavy (non-hydrogen) atoms. The summed E-state index contributed by atoms with van der Waals surface area (Å²) >= 11 is 0. The molecule has 1 aliphatic carbocycles. The smallest absolute Gasteiger partial charge is 0.318 e. The van der Waals surface area contributed by atoms with Crippen LogP contribution in [-0.4, -0.2) is 78.3 Å². The normalized spacial score (nSPS) is 19.6. The number of fused-ring (bicyclic) bond motifs is 1. The zero-order valence-electron chi connectivity index (χ0n) is 21.7. The van der Waals surface area contributed by atoms with Crippen molar-refractivity contribution in [1.29, 1.82) is 0 Å². The van der Waals surface area contributed by atoms with Gasteiger partial charge in [-0.1, -0.05) is 36.4 Å². The lowest BCUT2D eigenvalue weighted by molar-refractivity contribution is -0.136. The van der Waals surface area contributed by atoms with Crippen molar-refractivity contribution in [2.75, 3.05) is 45.8 Å². The van der Waals surface area contributed by atoms with Crippen molar-refractivity contribution in [3.8, 4) is 5.75 Å². The molecule has 1 atom stereocenters. The second kappa shape index (κ2) is 13.1. The summed E-state index contributed by atoms with van der Waals surface area (Å²) in [7, 11) is 0. The number of carbonyl (C=O) groups is 3. The predicted molar refractivity (Wildman–Crippen MR) is 149 cm³/mol. The summed E-state index contributed by atoms with van der Waals surface area (Å²) < 4.78 is 5.69. The van der Waals surface area contributed by atoms with E-state index in [1.165, 1.54) is 5.56 Å². The number of amides is 2. The molecule has 202 valence electrons. The minimum atomic E-state index is -0.221. The van der Waals surface area contributed by atoms with Crippen molar-refractivity contribution in [2.45, 2.75) is 38.0 Å². The molecular formula is C30H36ClN3O4. The van der Waals surface area contributed by atoms with Gasteiger partial charge in [0.25, 0.3) is 0 Å². The largest absolute Gasteiger partial charge is 0.426 e. The fourth-order valence-electron chi connectivity index (χ4n) is 5.49. The highest BCUT2D eigenvalue weighted by Crippen LogP contribution is 2.32. The number of benzene rings is 2. The molecular weight excluding hydrogens is 502 g/mol. The van der Waals surface area contributed by atoms with Crippen molar-refractivity contribution in [1.82, 2.24) is 14.7 Å². The number of rotatable bonds is 6. The van der Waals surface area contributed by atoms with Crippen LogP contribution in [0.2, 0.25) is 0 Å². The van der Waals surface area contributed by atoms with E-state index in [9.17, 15) is 14.4 Å². The van der Waals surface area contributed by atoms with Gasteiger partial charge in [-0.3, -0.25) is 19.3 Å². The minimum absolute atomic E-state index is 0. The van der Waals surface area contributed by atoms with Crippen LogP contribution >= 0.6 is 12.4 Å². The first-order valence-corrected chi connectivity index (χ1v) is 13.4. The van der Waals surface area contributed by atoms with Crippen LogP contribution in [0.1, 0.15) is 48.3 Å². The molecule has 0 aromatic heterocycles. The van der Waals surface area contributed by atoms with Crippen molar-refractivity contribution >= 4 is 36.3 Å². The monoisotopic (exact) mass is 537 g/mol. The third-order valence-electron chi connectivity index (χ3n) is 7.67. The first-order valence-electron chi connectivity index (χ1n) is 13.4. The summed E-state index contributed by atoms with van der Waals surface area (Å²) in [6.07, 6.45) is 8.38. The van der Waals surface area contributed by atoms with Crippen LogP contribution < -0.4 is 4.74 Å². The quantitative estimate of drug-likeness (QED) is 0.317. The Bertz CT molecular complexity index is 1150. The molecule has 1 unspecified atom stereocenters. The predicted octanol–water partition coefficient (Wildman–Crippen LogP) is 3.91. The molecule has 8 heteroatoms. The molecule has 2 amide bonds.